The van der Waals surface area contributed by atoms with Gasteiger partial charge in [-0.1, -0.05) is 0 Å². The van der Waals surface area contributed by atoms with E-state index in [1.54, 1.807) is 7.11 Å². The first-order valence-electron chi connectivity index (χ1n) is 11.0. The summed E-state index contributed by atoms with van der Waals surface area (Å²) in [5.74, 6) is 4.38. The monoisotopic (exact) mass is 561 g/mol. The lowest BCUT2D eigenvalue weighted by atomic mass is 9.95. The van der Waals surface area contributed by atoms with Gasteiger partial charge in [-0.3, -0.25) is 9.89 Å². The van der Waals surface area contributed by atoms with Crippen LogP contribution in [0, 0.1) is 0 Å². The number of piperazine rings is 1. The highest BCUT2D eigenvalue weighted by Gasteiger charge is 2.41. The van der Waals surface area contributed by atoms with Crippen LogP contribution in [-0.2, 0) is 4.74 Å². The predicted molar refractivity (Wildman–Crippen MR) is 141 cm³/mol. The number of nitrogens with one attached hydrogen (secondary N) is 1. The van der Waals surface area contributed by atoms with Crippen LogP contribution in [0.3, 0.4) is 0 Å². The van der Waals surface area contributed by atoms with E-state index in [0.717, 1.165) is 70.7 Å². The van der Waals surface area contributed by atoms with Gasteiger partial charge in [-0.15, -0.1) is 24.0 Å². The van der Waals surface area contributed by atoms with Crippen molar-refractivity contribution in [2.75, 3.05) is 89.6 Å². The summed E-state index contributed by atoms with van der Waals surface area (Å²) in [7, 11) is 3.61. The summed E-state index contributed by atoms with van der Waals surface area (Å²) in [6, 6.07) is 8.36. The van der Waals surface area contributed by atoms with Crippen molar-refractivity contribution in [3.63, 3.8) is 0 Å². The zero-order chi connectivity index (χ0) is 20.8. The highest BCUT2D eigenvalue weighted by atomic mass is 127. The van der Waals surface area contributed by atoms with E-state index in [1.165, 1.54) is 23.6 Å². The maximum atomic E-state index is 5.59. The molecule has 0 saturated carbocycles. The number of rotatable bonds is 5. The summed E-state index contributed by atoms with van der Waals surface area (Å²) in [5, 5.41) is 3.73. The number of guanidine groups is 1. The third-order valence-corrected chi connectivity index (χ3v) is 7.80. The number of thioether (sulfide) groups is 1. The molecule has 3 aliphatic heterocycles. The van der Waals surface area contributed by atoms with Gasteiger partial charge in [0.1, 0.15) is 5.75 Å². The second-order valence-electron chi connectivity index (χ2n) is 8.20. The second kappa shape index (κ2) is 11.8. The number of nitrogens with zero attached hydrogens (tertiary/aromatic N) is 4. The molecule has 7 nitrogen and oxygen atoms in total. The Kier molecular flexibility index (Phi) is 9.42. The molecule has 0 aromatic heterocycles. The van der Waals surface area contributed by atoms with Crippen LogP contribution in [0.5, 0.6) is 5.75 Å². The molecule has 1 N–H and O–H groups in total. The summed E-state index contributed by atoms with van der Waals surface area (Å²) >= 11 is 2.08. The van der Waals surface area contributed by atoms with Crippen LogP contribution in [0.1, 0.15) is 6.42 Å². The summed E-state index contributed by atoms with van der Waals surface area (Å²) in [5.41, 5.74) is 1.49. The molecule has 3 fully saturated rings. The number of hydrogen-bond acceptors (Lipinski definition) is 6. The molecule has 0 radical (unpaired) electrons. The topological polar surface area (TPSA) is 52.6 Å². The third-order valence-electron chi connectivity index (χ3n) is 6.57. The molecule has 4 rings (SSSR count). The minimum atomic E-state index is 0. The minimum absolute atomic E-state index is 0. The van der Waals surface area contributed by atoms with Crippen molar-refractivity contribution in [2.24, 2.45) is 4.99 Å². The number of methoxy groups -OCH3 is 1. The lowest BCUT2D eigenvalue weighted by Crippen LogP contribution is -2.61. The number of hydrogen-bond donors (Lipinski definition) is 1. The molecule has 1 atom stereocenters. The Morgan fingerprint density at radius 3 is 2.42 bits per heavy atom. The van der Waals surface area contributed by atoms with E-state index in [9.17, 15) is 0 Å². The lowest BCUT2D eigenvalue weighted by Gasteiger charge is -2.44. The SMILES string of the molecule is CN=C(NCC1(N2CCOCC2)CCSC1)N1CCN(c2ccc(OC)cc2)CC1.I. The molecule has 1 unspecified atom stereocenters. The lowest BCUT2D eigenvalue weighted by molar-refractivity contribution is -0.0121. The molecule has 0 spiro atoms. The van der Waals surface area contributed by atoms with E-state index in [2.05, 4.69) is 48.9 Å². The van der Waals surface area contributed by atoms with Crippen molar-refractivity contribution in [3.05, 3.63) is 24.3 Å². The van der Waals surface area contributed by atoms with Gasteiger partial charge in [-0.05, 0) is 36.4 Å². The Labute approximate surface area is 207 Å². The highest BCUT2D eigenvalue weighted by Crippen LogP contribution is 2.33. The summed E-state index contributed by atoms with van der Waals surface area (Å²) in [6.45, 7) is 8.71. The molecular weight excluding hydrogens is 525 g/mol. The molecule has 1 aromatic carbocycles. The standard InChI is InChI=1S/C22H35N5O2S.HI/c1-23-21(24-17-22(7-16-30-18-22)27-12-14-29-15-13-27)26-10-8-25(9-11-26)19-3-5-20(28-2)6-4-19;/h3-6H,7-18H2,1-2H3,(H,23,24);1H. The number of aliphatic imine (C=N–C) groups is 1. The van der Waals surface area contributed by atoms with Gasteiger partial charge in [0.25, 0.3) is 0 Å². The van der Waals surface area contributed by atoms with Gasteiger partial charge in [0.15, 0.2) is 5.96 Å². The van der Waals surface area contributed by atoms with Gasteiger partial charge in [0, 0.05) is 69.8 Å². The zero-order valence-electron chi connectivity index (χ0n) is 18.7. The van der Waals surface area contributed by atoms with Gasteiger partial charge in [0.2, 0.25) is 0 Å². The Hall–Kier alpha value is -0.910. The summed E-state index contributed by atoms with van der Waals surface area (Å²) in [4.78, 5) is 12.1. The van der Waals surface area contributed by atoms with Crippen molar-refractivity contribution >= 4 is 47.4 Å². The number of anilines is 1. The molecule has 3 heterocycles. The molecule has 0 amide bonds. The number of morpholine rings is 1. The van der Waals surface area contributed by atoms with Crippen LogP contribution in [0.15, 0.2) is 29.3 Å². The van der Waals surface area contributed by atoms with Gasteiger partial charge in [0.05, 0.1) is 20.3 Å². The van der Waals surface area contributed by atoms with Crippen LogP contribution in [-0.4, -0.2) is 106 Å². The maximum absolute atomic E-state index is 5.59. The smallest absolute Gasteiger partial charge is 0.193 e. The molecule has 3 aliphatic rings. The zero-order valence-corrected chi connectivity index (χ0v) is 21.9. The van der Waals surface area contributed by atoms with Crippen LogP contribution < -0.4 is 15.0 Å². The van der Waals surface area contributed by atoms with E-state index < -0.39 is 0 Å². The van der Waals surface area contributed by atoms with Gasteiger partial charge >= 0.3 is 0 Å². The highest BCUT2D eigenvalue weighted by molar-refractivity contribution is 14.0. The molecular formula is C22H36IN5O2S. The van der Waals surface area contributed by atoms with Crippen molar-refractivity contribution < 1.29 is 9.47 Å². The molecule has 1 aromatic rings. The van der Waals surface area contributed by atoms with E-state index in [4.69, 9.17) is 9.47 Å². The van der Waals surface area contributed by atoms with E-state index in [-0.39, 0.29) is 29.5 Å². The van der Waals surface area contributed by atoms with Gasteiger partial charge in [-0.2, -0.15) is 11.8 Å². The Morgan fingerprint density at radius 1 is 1.13 bits per heavy atom. The fraction of sp³-hybridized carbons (Fsp3) is 0.682. The van der Waals surface area contributed by atoms with Gasteiger partial charge in [-0.25, -0.2) is 0 Å². The first-order valence-corrected chi connectivity index (χ1v) is 12.1. The van der Waals surface area contributed by atoms with Crippen molar-refractivity contribution in [1.29, 1.82) is 0 Å². The van der Waals surface area contributed by atoms with Gasteiger partial charge < -0.3 is 24.6 Å². The minimum Gasteiger partial charge on any atom is -0.497 e. The van der Waals surface area contributed by atoms with Crippen LogP contribution in [0.4, 0.5) is 5.69 Å². The normalized spacial score (nSPS) is 25.3. The van der Waals surface area contributed by atoms with Crippen LogP contribution in [0.2, 0.25) is 0 Å². The predicted octanol–water partition coefficient (Wildman–Crippen LogP) is 2.22. The van der Waals surface area contributed by atoms with E-state index in [1.807, 2.05) is 19.2 Å². The number of halogens is 1. The fourth-order valence-electron chi connectivity index (χ4n) is 4.68. The second-order valence-corrected chi connectivity index (χ2v) is 9.30. The molecule has 0 aliphatic carbocycles. The maximum Gasteiger partial charge on any atom is 0.193 e. The largest absolute Gasteiger partial charge is 0.497 e. The molecule has 3 saturated heterocycles. The number of benzene rings is 1. The summed E-state index contributed by atoms with van der Waals surface area (Å²) < 4.78 is 10.9. The van der Waals surface area contributed by atoms with E-state index in [0.29, 0.717) is 0 Å². The first-order chi connectivity index (χ1) is 14.7. The quantitative estimate of drug-likeness (QED) is 0.336. The average molecular weight is 562 g/mol. The summed E-state index contributed by atoms with van der Waals surface area (Å²) in [6.07, 6.45) is 1.24. The van der Waals surface area contributed by atoms with Crippen molar-refractivity contribution in [1.82, 2.24) is 15.1 Å². The Morgan fingerprint density at radius 2 is 1.84 bits per heavy atom. The fourth-order valence-corrected chi connectivity index (χ4v) is 6.16. The third kappa shape index (κ3) is 5.91. The average Bonchev–Trinajstić information content (AvgIpc) is 3.31. The van der Waals surface area contributed by atoms with E-state index >= 15 is 0 Å². The Balaban J connectivity index is 0.00000272. The Bertz CT molecular complexity index is 700. The molecule has 0 bridgehead atoms. The van der Waals surface area contributed by atoms with Crippen molar-refractivity contribution in [3.8, 4) is 5.75 Å². The molecule has 9 heteroatoms. The van der Waals surface area contributed by atoms with Crippen molar-refractivity contribution in [2.45, 2.75) is 12.0 Å². The first kappa shape index (κ1) is 24.7. The molecule has 31 heavy (non-hydrogen) atoms. The van der Waals surface area contributed by atoms with Crippen LogP contribution in [0.25, 0.3) is 0 Å². The van der Waals surface area contributed by atoms with Crippen LogP contribution >= 0.6 is 35.7 Å². The molecule has 174 valence electrons. The number of ether oxygens (including phenoxy) is 2.